The van der Waals surface area contributed by atoms with Gasteiger partial charge < -0.3 is 19.8 Å². The predicted octanol–water partition coefficient (Wildman–Crippen LogP) is 1.40. The third-order valence-corrected chi connectivity index (χ3v) is 2.80. The zero-order valence-corrected chi connectivity index (χ0v) is 10.9. The maximum Gasteiger partial charge on any atom is 0.255 e. The van der Waals surface area contributed by atoms with Gasteiger partial charge in [-0.1, -0.05) is 18.2 Å². The standard InChI is InChI=1S/C14H18N2O3/c1-18-9-8-15-6-7-16-14(17)12-10-19-13-5-3-2-4-11(12)13/h2-5,10,15H,6-9H2,1H3,(H,16,17). The number of hydrogen-bond donors (Lipinski definition) is 2. The summed E-state index contributed by atoms with van der Waals surface area (Å²) in [5.74, 6) is -0.113. The Bertz CT molecular complexity index is 536. The smallest absolute Gasteiger partial charge is 0.255 e. The molecule has 0 aliphatic rings. The Morgan fingerprint density at radius 1 is 1.26 bits per heavy atom. The zero-order chi connectivity index (χ0) is 13.5. The van der Waals surface area contributed by atoms with Gasteiger partial charge in [-0.05, 0) is 6.07 Å². The zero-order valence-electron chi connectivity index (χ0n) is 10.9. The second-order valence-corrected chi connectivity index (χ2v) is 4.14. The number of amides is 1. The molecular weight excluding hydrogens is 244 g/mol. The van der Waals surface area contributed by atoms with Gasteiger partial charge in [-0.3, -0.25) is 4.79 Å². The summed E-state index contributed by atoms with van der Waals surface area (Å²) in [6, 6.07) is 7.50. The number of para-hydroxylation sites is 1. The number of fused-ring (bicyclic) bond motifs is 1. The Morgan fingerprint density at radius 3 is 2.95 bits per heavy atom. The lowest BCUT2D eigenvalue weighted by Gasteiger charge is -2.05. The number of methoxy groups -OCH3 is 1. The molecule has 1 aromatic heterocycles. The average Bonchev–Trinajstić information content (AvgIpc) is 2.86. The highest BCUT2D eigenvalue weighted by Crippen LogP contribution is 2.20. The highest BCUT2D eigenvalue weighted by Gasteiger charge is 2.12. The highest BCUT2D eigenvalue weighted by atomic mass is 16.5. The molecule has 0 atom stereocenters. The summed E-state index contributed by atoms with van der Waals surface area (Å²) in [6.45, 7) is 2.73. The molecule has 1 heterocycles. The van der Waals surface area contributed by atoms with Crippen molar-refractivity contribution in [2.75, 3.05) is 33.4 Å². The predicted molar refractivity (Wildman–Crippen MR) is 73.3 cm³/mol. The summed E-state index contributed by atoms with van der Waals surface area (Å²) in [5, 5.41) is 6.85. The molecule has 0 saturated carbocycles. The van der Waals surface area contributed by atoms with Crippen LogP contribution in [0.2, 0.25) is 0 Å². The first-order valence-electron chi connectivity index (χ1n) is 6.27. The Hall–Kier alpha value is -1.85. The normalized spacial score (nSPS) is 10.8. The lowest BCUT2D eigenvalue weighted by atomic mass is 10.1. The number of benzene rings is 1. The molecule has 0 saturated heterocycles. The van der Waals surface area contributed by atoms with Gasteiger partial charge in [0.1, 0.15) is 11.8 Å². The molecule has 1 amide bonds. The average molecular weight is 262 g/mol. The molecule has 0 unspecified atom stereocenters. The van der Waals surface area contributed by atoms with Crippen molar-refractivity contribution >= 4 is 16.9 Å². The highest BCUT2D eigenvalue weighted by molar-refractivity contribution is 6.05. The van der Waals surface area contributed by atoms with Crippen molar-refractivity contribution < 1.29 is 13.9 Å². The first-order chi connectivity index (χ1) is 9.33. The summed E-state index contributed by atoms with van der Waals surface area (Å²) in [6.07, 6.45) is 1.50. The van der Waals surface area contributed by atoms with Gasteiger partial charge in [0.05, 0.1) is 12.2 Å². The van der Waals surface area contributed by atoms with Crippen molar-refractivity contribution in [3.8, 4) is 0 Å². The Labute approximate surface area is 111 Å². The summed E-state index contributed by atoms with van der Waals surface area (Å²) in [5.41, 5.74) is 1.30. The van der Waals surface area contributed by atoms with E-state index in [4.69, 9.17) is 9.15 Å². The van der Waals surface area contributed by atoms with E-state index < -0.39 is 0 Å². The van der Waals surface area contributed by atoms with Gasteiger partial charge in [0.25, 0.3) is 5.91 Å². The molecular formula is C14H18N2O3. The molecule has 0 aliphatic carbocycles. The molecule has 2 N–H and O–H groups in total. The van der Waals surface area contributed by atoms with Crippen molar-refractivity contribution in [3.63, 3.8) is 0 Å². The van der Waals surface area contributed by atoms with E-state index in [0.717, 1.165) is 17.5 Å². The number of hydrogen-bond acceptors (Lipinski definition) is 4. The number of nitrogens with one attached hydrogen (secondary N) is 2. The molecule has 5 nitrogen and oxygen atoms in total. The SMILES string of the molecule is COCCNCCNC(=O)c1coc2ccccc12. The minimum absolute atomic E-state index is 0.113. The molecule has 19 heavy (non-hydrogen) atoms. The summed E-state index contributed by atoms with van der Waals surface area (Å²) in [7, 11) is 1.66. The monoisotopic (exact) mass is 262 g/mol. The number of rotatable bonds is 7. The number of carbonyl (C=O) groups is 1. The Morgan fingerprint density at radius 2 is 2.11 bits per heavy atom. The van der Waals surface area contributed by atoms with Crippen molar-refractivity contribution in [2.24, 2.45) is 0 Å². The molecule has 0 radical (unpaired) electrons. The van der Waals surface area contributed by atoms with Gasteiger partial charge in [-0.2, -0.15) is 0 Å². The number of carbonyl (C=O) groups excluding carboxylic acids is 1. The van der Waals surface area contributed by atoms with E-state index in [0.29, 0.717) is 25.3 Å². The molecule has 0 spiro atoms. The quantitative estimate of drug-likeness (QED) is 0.740. The van der Waals surface area contributed by atoms with Crippen LogP contribution in [0.25, 0.3) is 11.0 Å². The molecule has 2 aromatic rings. The maximum atomic E-state index is 12.0. The van der Waals surface area contributed by atoms with Gasteiger partial charge in [0.2, 0.25) is 0 Å². The lowest BCUT2D eigenvalue weighted by molar-refractivity contribution is 0.0954. The fourth-order valence-electron chi connectivity index (χ4n) is 1.81. The fraction of sp³-hybridized carbons (Fsp3) is 0.357. The van der Waals surface area contributed by atoms with E-state index in [1.807, 2.05) is 24.3 Å². The van der Waals surface area contributed by atoms with Crippen LogP contribution in [-0.2, 0) is 4.74 Å². The van der Waals surface area contributed by atoms with E-state index in [9.17, 15) is 4.79 Å². The van der Waals surface area contributed by atoms with Crippen molar-refractivity contribution in [3.05, 3.63) is 36.1 Å². The van der Waals surface area contributed by atoms with E-state index in [2.05, 4.69) is 10.6 Å². The van der Waals surface area contributed by atoms with Gasteiger partial charge in [0.15, 0.2) is 0 Å². The van der Waals surface area contributed by atoms with Crippen molar-refractivity contribution in [1.82, 2.24) is 10.6 Å². The minimum Gasteiger partial charge on any atom is -0.463 e. The maximum absolute atomic E-state index is 12.0. The summed E-state index contributed by atoms with van der Waals surface area (Å²) in [4.78, 5) is 12.0. The molecule has 102 valence electrons. The van der Waals surface area contributed by atoms with E-state index in [-0.39, 0.29) is 5.91 Å². The minimum atomic E-state index is -0.113. The van der Waals surface area contributed by atoms with Crippen molar-refractivity contribution in [1.29, 1.82) is 0 Å². The van der Waals surface area contributed by atoms with Crippen LogP contribution >= 0.6 is 0 Å². The van der Waals surface area contributed by atoms with Crippen LogP contribution in [0.1, 0.15) is 10.4 Å². The summed E-state index contributed by atoms with van der Waals surface area (Å²) < 4.78 is 10.3. The van der Waals surface area contributed by atoms with Gasteiger partial charge >= 0.3 is 0 Å². The van der Waals surface area contributed by atoms with E-state index in [1.54, 1.807) is 7.11 Å². The third-order valence-electron chi connectivity index (χ3n) is 2.80. The van der Waals surface area contributed by atoms with Gasteiger partial charge in [0, 0.05) is 32.1 Å². The lowest BCUT2D eigenvalue weighted by Crippen LogP contribution is -2.32. The van der Waals surface area contributed by atoms with Crippen LogP contribution in [0.5, 0.6) is 0 Å². The first kappa shape index (κ1) is 13.6. The fourth-order valence-corrected chi connectivity index (χ4v) is 1.81. The summed E-state index contributed by atoms with van der Waals surface area (Å²) >= 11 is 0. The second-order valence-electron chi connectivity index (χ2n) is 4.14. The van der Waals surface area contributed by atoms with Crippen LogP contribution in [-0.4, -0.2) is 39.3 Å². The van der Waals surface area contributed by atoms with E-state index >= 15 is 0 Å². The van der Waals surface area contributed by atoms with E-state index in [1.165, 1.54) is 6.26 Å². The topological polar surface area (TPSA) is 63.5 Å². The van der Waals surface area contributed by atoms with Gasteiger partial charge in [-0.15, -0.1) is 0 Å². The molecule has 0 fully saturated rings. The second kappa shape index (κ2) is 6.92. The molecule has 1 aromatic carbocycles. The first-order valence-corrected chi connectivity index (χ1v) is 6.27. The molecule has 5 heteroatoms. The van der Waals surface area contributed by atoms with Crippen LogP contribution in [0.4, 0.5) is 0 Å². The molecule has 0 aliphatic heterocycles. The molecule has 2 rings (SSSR count). The largest absolute Gasteiger partial charge is 0.463 e. The number of ether oxygens (including phenoxy) is 1. The van der Waals surface area contributed by atoms with Crippen LogP contribution in [0.3, 0.4) is 0 Å². The van der Waals surface area contributed by atoms with Crippen LogP contribution in [0, 0.1) is 0 Å². The number of furan rings is 1. The van der Waals surface area contributed by atoms with Gasteiger partial charge in [-0.25, -0.2) is 0 Å². The van der Waals surface area contributed by atoms with Crippen LogP contribution in [0.15, 0.2) is 34.9 Å². The Kier molecular flexibility index (Phi) is 4.94. The third kappa shape index (κ3) is 3.56. The van der Waals surface area contributed by atoms with Crippen molar-refractivity contribution in [2.45, 2.75) is 0 Å². The Balaban J connectivity index is 1.83. The van der Waals surface area contributed by atoms with Crippen LogP contribution < -0.4 is 10.6 Å². The molecule has 0 bridgehead atoms.